The number of aromatic nitrogens is 1. The number of anilines is 2. The molecule has 1 heterocycles. The van der Waals surface area contributed by atoms with Crippen LogP contribution in [-0.4, -0.2) is 4.57 Å². The fraction of sp³-hybridized carbons (Fsp3) is 0. The highest BCUT2D eigenvalue weighted by molar-refractivity contribution is 6.10. The molecule has 0 fully saturated rings. The highest BCUT2D eigenvalue weighted by Crippen LogP contribution is 2.38. The third-order valence-electron chi connectivity index (χ3n) is 9.59. The van der Waals surface area contributed by atoms with Crippen LogP contribution in [0.4, 0.5) is 11.4 Å². The van der Waals surface area contributed by atoms with E-state index in [9.17, 15) is 0 Å². The quantitative estimate of drug-likeness (QED) is 0.184. The lowest BCUT2D eigenvalue weighted by Gasteiger charge is -2.16. The summed E-state index contributed by atoms with van der Waals surface area (Å²) in [5.74, 6) is 0. The molecule has 8 aromatic carbocycles. The van der Waals surface area contributed by atoms with E-state index in [-0.39, 0.29) is 0 Å². The summed E-state index contributed by atoms with van der Waals surface area (Å²) in [5, 5.41) is 6.27. The highest BCUT2D eigenvalue weighted by atomic mass is 15.0. The summed E-state index contributed by atoms with van der Waals surface area (Å²) in [5.41, 5.74) is 15.2. The molecule has 0 saturated heterocycles. The lowest BCUT2D eigenvalue weighted by molar-refractivity contribution is 1.18. The maximum atomic E-state index is 3.77. The van der Waals surface area contributed by atoms with Crippen LogP contribution in [-0.2, 0) is 0 Å². The van der Waals surface area contributed by atoms with E-state index in [2.05, 4.69) is 210 Å². The first-order valence-corrected chi connectivity index (χ1v) is 17.1. The Morgan fingerprint density at radius 1 is 0.320 bits per heavy atom. The fourth-order valence-corrected chi connectivity index (χ4v) is 7.11. The number of hydrogen-bond donors (Lipinski definition) is 1. The van der Waals surface area contributed by atoms with Gasteiger partial charge in [-0.15, -0.1) is 0 Å². The Morgan fingerprint density at radius 2 is 0.840 bits per heavy atom. The number of para-hydroxylation sites is 2. The Balaban J connectivity index is 1.08. The molecule has 2 nitrogen and oxygen atoms in total. The Kier molecular flexibility index (Phi) is 7.53. The summed E-state index contributed by atoms with van der Waals surface area (Å²) in [6.45, 7) is 0. The van der Waals surface area contributed by atoms with Crippen molar-refractivity contribution in [1.82, 2.24) is 4.57 Å². The van der Waals surface area contributed by atoms with E-state index in [4.69, 9.17) is 0 Å². The van der Waals surface area contributed by atoms with Gasteiger partial charge in [-0.05, 0) is 93.5 Å². The molecule has 0 aliphatic heterocycles. The summed E-state index contributed by atoms with van der Waals surface area (Å²) >= 11 is 0. The summed E-state index contributed by atoms with van der Waals surface area (Å²) in [6.07, 6.45) is 0. The van der Waals surface area contributed by atoms with Gasteiger partial charge in [0.05, 0.1) is 11.0 Å². The molecule has 50 heavy (non-hydrogen) atoms. The molecule has 0 radical (unpaired) electrons. The predicted molar refractivity (Wildman–Crippen MR) is 212 cm³/mol. The van der Waals surface area contributed by atoms with Crippen LogP contribution in [0.15, 0.2) is 200 Å². The first-order valence-electron chi connectivity index (χ1n) is 17.1. The topological polar surface area (TPSA) is 17.0 Å². The van der Waals surface area contributed by atoms with Crippen LogP contribution >= 0.6 is 0 Å². The average molecular weight is 639 g/mol. The van der Waals surface area contributed by atoms with Gasteiger partial charge in [-0.1, -0.05) is 146 Å². The van der Waals surface area contributed by atoms with Gasteiger partial charge in [0, 0.05) is 33.4 Å². The van der Waals surface area contributed by atoms with Crippen molar-refractivity contribution >= 4 is 33.2 Å². The maximum absolute atomic E-state index is 3.77. The largest absolute Gasteiger partial charge is 0.355 e. The molecular weight excluding hydrogens is 605 g/mol. The van der Waals surface area contributed by atoms with Gasteiger partial charge in [-0.2, -0.15) is 0 Å². The van der Waals surface area contributed by atoms with Gasteiger partial charge in [0.25, 0.3) is 0 Å². The van der Waals surface area contributed by atoms with Crippen LogP contribution in [0.2, 0.25) is 0 Å². The second-order valence-corrected chi connectivity index (χ2v) is 12.7. The molecule has 0 unspecified atom stereocenters. The Morgan fingerprint density at radius 3 is 1.60 bits per heavy atom. The molecule has 9 aromatic rings. The van der Waals surface area contributed by atoms with Crippen molar-refractivity contribution in [1.29, 1.82) is 0 Å². The molecule has 2 heteroatoms. The molecule has 1 aromatic heterocycles. The SMILES string of the molecule is c1ccc(-c2ccc(-c3cccc(Nc4ccc(-c5ccc6c(c5)c5ccccc5n6-c5ccccc5)cc4-c4ccccc4)c3)cc2)cc1. The molecule has 0 spiro atoms. The number of nitrogens with zero attached hydrogens (tertiary/aromatic N) is 1. The second-order valence-electron chi connectivity index (χ2n) is 12.7. The van der Waals surface area contributed by atoms with Crippen molar-refractivity contribution in [3.8, 4) is 50.2 Å². The number of nitrogens with one attached hydrogen (secondary N) is 1. The first-order chi connectivity index (χ1) is 24.8. The van der Waals surface area contributed by atoms with Crippen LogP contribution < -0.4 is 5.32 Å². The lowest BCUT2D eigenvalue weighted by Crippen LogP contribution is -1.95. The van der Waals surface area contributed by atoms with Gasteiger partial charge in [-0.3, -0.25) is 0 Å². The molecule has 0 saturated carbocycles. The minimum Gasteiger partial charge on any atom is -0.355 e. The zero-order valence-electron chi connectivity index (χ0n) is 27.5. The van der Waals surface area contributed by atoms with Gasteiger partial charge in [0.1, 0.15) is 0 Å². The van der Waals surface area contributed by atoms with Crippen LogP contribution in [0.1, 0.15) is 0 Å². The van der Waals surface area contributed by atoms with E-state index < -0.39 is 0 Å². The number of hydrogen-bond acceptors (Lipinski definition) is 1. The molecule has 0 aliphatic rings. The minimum absolute atomic E-state index is 1.05. The lowest BCUT2D eigenvalue weighted by atomic mass is 9.96. The fourth-order valence-electron chi connectivity index (χ4n) is 7.11. The van der Waals surface area contributed by atoms with Crippen molar-refractivity contribution in [2.75, 3.05) is 5.32 Å². The molecule has 0 atom stereocenters. The van der Waals surface area contributed by atoms with E-state index in [0.29, 0.717) is 0 Å². The molecular formula is C48H34N2. The van der Waals surface area contributed by atoms with Crippen molar-refractivity contribution in [3.63, 3.8) is 0 Å². The maximum Gasteiger partial charge on any atom is 0.0541 e. The highest BCUT2D eigenvalue weighted by Gasteiger charge is 2.14. The van der Waals surface area contributed by atoms with Crippen molar-refractivity contribution in [3.05, 3.63) is 200 Å². The third kappa shape index (κ3) is 5.53. The summed E-state index contributed by atoms with van der Waals surface area (Å²) in [7, 11) is 0. The number of fused-ring (bicyclic) bond motifs is 3. The zero-order chi connectivity index (χ0) is 33.3. The van der Waals surface area contributed by atoms with Gasteiger partial charge in [-0.25, -0.2) is 0 Å². The standard InChI is InChI=1S/C48H34N2/c1-4-13-34(14-5-1)35-23-25-36(26-24-35)38-17-12-18-41(31-38)49-46-29-27-39(32-44(46)37-15-6-2-7-16-37)40-28-30-48-45(33-40)43-21-10-11-22-47(43)50(48)42-19-8-3-9-20-42/h1-33,49H. The van der Waals surface area contributed by atoms with Gasteiger partial charge in [0.15, 0.2) is 0 Å². The van der Waals surface area contributed by atoms with E-state index in [1.165, 1.54) is 66.4 Å². The van der Waals surface area contributed by atoms with Crippen molar-refractivity contribution in [2.45, 2.75) is 0 Å². The van der Waals surface area contributed by atoms with E-state index in [0.717, 1.165) is 16.9 Å². The monoisotopic (exact) mass is 638 g/mol. The van der Waals surface area contributed by atoms with Gasteiger partial charge >= 0.3 is 0 Å². The summed E-state index contributed by atoms with van der Waals surface area (Å²) in [6, 6.07) is 71.6. The average Bonchev–Trinajstić information content (AvgIpc) is 3.53. The van der Waals surface area contributed by atoms with Crippen LogP contribution in [0.3, 0.4) is 0 Å². The Bertz CT molecular complexity index is 2580. The molecule has 1 N–H and O–H groups in total. The Hall–Kier alpha value is -6.64. The van der Waals surface area contributed by atoms with Crippen LogP contribution in [0, 0.1) is 0 Å². The van der Waals surface area contributed by atoms with Crippen LogP contribution in [0.25, 0.3) is 72.0 Å². The van der Waals surface area contributed by atoms with E-state index >= 15 is 0 Å². The summed E-state index contributed by atoms with van der Waals surface area (Å²) < 4.78 is 2.36. The number of benzene rings is 8. The Labute approximate surface area is 292 Å². The van der Waals surface area contributed by atoms with Gasteiger partial charge in [0.2, 0.25) is 0 Å². The van der Waals surface area contributed by atoms with E-state index in [1.807, 2.05) is 0 Å². The molecule has 9 rings (SSSR count). The minimum atomic E-state index is 1.05. The van der Waals surface area contributed by atoms with Gasteiger partial charge < -0.3 is 9.88 Å². The van der Waals surface area contributed by atoms with E-state index in [1.54, 1.807) is 0 Å². The first kappa shape index (κ1) is 29.5. The third-order valence-corrected chi connectivity index (χ3v) is 9.59. The number of rotatable bonds is 7. The molecule has 0 amide bonds. The summed E-state index contributed by atoms with van der Waals surface area (Å²) in [4.78, 5) is 0. The predicted octanol–water partition coefficient (Wildman–Crippen LogP) is 13.2. The van der Waals surface area contributed by atoms with Crippen LogP contribution in [0.5, 0.6) is 0 Å². The molecule has 0 aliphatic carbocycles. The molecule has 0 bridgehead atoms. The molecule has 236 valence electrons. The van der Waals surface area contributed by atoms with Crippen molar-refractivity contribution < 1.29 is 0 Å². The van der Waals surface area contributed by atoms with Crippen molar-refractivity contribution in [2.24, 2.45) is 0 Å². The smallest absolute Gasteiger partial charge is 0.0541 e. The second kappa shape index (κ2) is 12.8. The normalized spacial score (nSPS) is 11.2. The zero-order valence-corrected chi connectivity index (χ0v) is 27.5.